The van der Waals surface area contributed by atoms with E-state index in [1.165, 1.54) is 0 Å². The van der Waals surface area contributed by atoms with Crippen molar-refractivity contribution in [1.29, 1.82) is 0 Å². The van der Waals surface area contributed by atoms with Crippen molar-refractivity contribution in [3.8, 4) is 23.0 Å². The number of aromatic amines is 1. The number of nitrogens with zero attached hydrogens (tertiary/aromatic N) is 2. The third-order valence-electron chi connectivity index (χ3n) is 3.95. The number of pyridine rings is 1. The Morgan fingerprint density at radius 1 is 1.25 bits per heavy atom. The van der Waals surface area contributed by atoms with Crippen LogP contribution in [0.5, 0.6) is 0 Å². The zero-order chi connectivity index (χ0) is 20.3. The number of amides is 2. The van der Waals surface area contributed by atoms with E-state index in [1.807, 2.05) is 31.2 Å². The van der Waals surface area contributed by atoms with Crippen molar-refractivity contribution in [2.45, 2.75) is 27.7 Å². The second-order valence-electron chi connectivity index (χ2n) is 7.47. The number of anilines is 2. The van der Waals surface area contributed by atoms with E-state index in [0.29, 0.717) is 18.2 Å². The maximum absolute atomic E-state index is 11.8. The quantitative estimate of drug-likeness (QED) is 0.522. The average molecular weight is 376 g/mol. The highest BCUT2D eigenvalue weighted by atomic mass is 16.2. The predicted molar refractivity (Wildman–Crippen MR) is 113 cm³/mol. The summed E-state index contributed by atoms with van der Waals surface area (Å²) in [4.78, 5) is 16.0. The molecule has 0 radical (unpaired) electrons. The Labute approximate surface area is 164 Å². The Kier molecular flexibility index (Phi) is 5.23. The number of nitrogen functional groups attached to an aromatic ring is 1. The summed E-state index contributed by atoms with van der Waals surface area (Å²) in [6.45, 7) is 8.57. The normalized spacial score (nSPS) is 11.0. The van der Waals surface area contributed by atoms with Crippen LogP contribution in [0.4, 0.5) is 16.4 Å². The van der Waals surface area contributed by atoms with E-state index in [-0.39, 0.29) is 11.4 Å². The predicted octanol–water partition coefficient (Wildman–Crippen LogP) is 3.75. The van der Waals surface area contributed by atoms with Gasteiger partial charge in [-0.05, 0) is 63.1 Å². The summed E-state index contributed by atoms with van der Waals surface area (Å²) in [6, 6.07) is 7.35. The number of urea groups is 1. The molecule has 0 fully saturated rings. The molecule has 0 aliphatic rings. The fourth-order valence-corrected chi connectivity index (χ4v) is 2.66. The number of hydrogen-bond acceptors (Lipinski definition) is 4. The van der Waals surface area contributed by atoms with Gasteiger partial charge in [-0.25, -0.2) is 9.78 Å². The molecule has 5 N–H and O–H groups in total. The lowest BCUT2D eigenvalue weighted by molar-refractivity contribution is 0.252. The zero-order valence-electron chi connectivity index (χ0n) is 16.5. The fraction of sp³-hybridized carbons (Fsp3) is 0.286. The molecule has 2 aromatic heterocycles. The summed E-state index contributed by atoms with van der Waals surface area (Å²) >= 11 is 0. The van der Waals surface area contributed by atoms with Crippen molar-refractivity contribution < 1.29 is 4.79 Å². The SMILES string of the molecule is CCNC(=O)Nc1cc(-c2cc(C#CC(C)(C)C)c3[nH]nc(N)c3c2)ccn1. The van der Waals surface area contributed by atoms with Crippen molar-refractivity contribution in [3.05, 3.63) is 36.0 Å². The molecule has 28 heavy (non-hydrogen) atoms. The minimum absolute atomic E-state index is 0.131. The van der Waals surface area contributed by atoms with Crippen LogP contribution in [0.1, 0.15) is 33.3 Å². The van der Waals surface area contributed by atoms with Crippen LogP contribution >= 0.6 is 0 Å². The molecule has 0 atom stereocenters. The van der Waals surface area contributed by atoms with Crippen molar-refractivity contribution in [1.82, 2.24) is 20.5 Å². The van der Waals surface area contributed by atoms with Crippen molar-refractivity contribution >= 4 is 28.6 Å². The molecule has 7 heteroatoms. The molecule has 0 aliphatic carbocycles. The number of fused-ring (bicyclic) bond motifs is 1. The van der Waals surface area contributed by atoms with Gasteiger partial charge < -0.3 is 11.1 Å². The van der Waals surface area contributed by atoms with Gasteiger partial charge in [0.2, 0.25) is 0 Å². The first kappa shape index (κ1) is 19.2. The Balaban J connectivity index is 2.07. The number of carbonyl (C=O) groups excluding carboxylic acids is 1. The maximum Gasteiger partial charge on any atom is 0.320 e. The van der Waals surface area contributed by atoms with Gasteiger partial charge >= 0.3 is 6.03 Å². The highest BCUT2D eigenvalue weighted by Crippen LogP contribution is 2.30. The van der Waals surface area contributed by atoms with Crippen molar-refractivity contribution in [2.24, 2.45) is 5.41 Å². The molecule has 0 aliphatic heterocycles. The summed E-state index contributed by atoms with van der Waals surface area (Å²) in [6.07, 6.45) is 1.65. The summed E-state index contributed by atoms with van der Waals surface area (Å²) in [7, 11) is 0. The summed E-state index contributed by atoms with van der Waals surface area (Å²) in [5.74, 6) is 7.38. The van der Waals surface area contributed by atoms with E-state index in [2.05, 4.69) is 58.4 Å². The number of nitrogens with two attached hydrogens (primary N) is 1. The summed E-state index contributed by atoms with van der Waals surface area (Å²) < 4.78 is 0. The first-order valence-electron chi connectivity index (χ1n) is 9.09. The van der Waals surface area contributed by atoms with Gasteiger partial charge in [-0.3, -0.25) is 10.4 Å². The van der Waals surface area contributed by atoms with Gasteiger partial charge in [0.05, 0.1) is 11.1 Å². The lowest BCUT2D eigenvalue weighted by atomic mass is 9.96. The largest absolute Gasteiger partial charge is 0.382 e. The molecule has 7 nitrogen and oxygen atoms in total. The molecule has 0 spiro atoms. The number of benzene rings is 1. The lowest BCUT2D eigenvalue weighted by Crippen LogP contribution is -2.28. The van der Waals surface area contributed by atoms with Gasteiger partial charge in [-0.1, -0.05) is 11.8 Å². The van der Waals surface area contributed by atoms with Crippen molar-refractivity contribution in [2.75, 3.05) is 17.6 Å². The van der Waals surface area contributed by atoms with Gasteiger partial charge in [0.15, 0.2) is 5.82 Å². The molecule has 2 amide bonds. The fourth-order valence-electron chi connectivity index (χ4n) is 2.66. The highest BCUT2D eigenvalue weighted by Gasteiger charge is 2.12. The van der Waals surface area contributed by atoms with Gasteiger partial charge in [0.25, 0.3) is 0 Å². The molecule has 2 heterocycles. The molecule has 1 aromatic carbocycles. The number of carbonyl (C=O) groups is 1. The van der Waals surface area contributed by atoms with Crippen LogP contribution in [0.15, 0.2) is 30.5 Å². The Morgan fingerprint density at radius 3 is 2.75 bits per heavy atom. The van der Waals surface area contributed by atoms with E-state index in [4.69, 9.17) is 5.73 Å². The van der Waals surface area contributed by atoms with Crippen LogP contribution in [0.2, 0.25) is 0 Å². The summed E-state index contributed by atoms with van der Waals surface area (Å²) in [5, 5.41) is 13.3. The molecule has 3 aromatic rings. The first-order valence-corrected chi connectivity index (χ1v) is 9.09. The van der Waals surface area contributed by atoms with Gasteiger partial charge in [-0.2, -0.15) is 5.10 Å². The van der Waals surface area contributed by atoms with E-state index in [9.17, 15) is 4.79 Å². The molecule has 144 valence electrons. The van der Waals surface area contributed by atoms with E-state index in [1.54, 1.807) is 6.20 Å². The molecule has 0 bridgehead atoms. The number of nitrogens with one attached hydrogen (secondary N) is 3. The lowest BCUT2D eigenvalue weighted by Gasteiger charge is -2.09. The van der Waals surface area contributed by atoms with Gasteiger partial charge in [0, 0.05) is 23.5 Å². The second kappa shape index (κ2) is 7.61. The van der Waals surface area contributed by atoms with Crippen LogP contribution in [0.25, 0.3) is 22.0 Å². The number of aromatic nitrogens is 3. The van der Waals surface area contributed by atoms with Crippen LogP contribution in [-0.2, 0) is 0 Å². The molecular formula is C21H24N6O. The monoisotopic (exact) mass is 376 g/mol. The third kappa shape index (κ3) is 4.41. The standard InChI is InChI=1S/C21H24N6O/c1-5-23-20(28)25-17-12-13(7-9-24-17)15-10-14(6-8-21(2,3)4)18-16(11-15)19(22)27-26-18/h7,9-12H,5H2,1-4H3,(H3,22,26,27)(H2,23,24,25,28). The van der Waals surface area contributed by atoms with Crippen molar-refractivity contribution in [3.63, 3.8) is 0 Å². The minimum Gasteiger partial charge on any atom is -0.382 e. The molecule has 0 saturated carbocycles. The molecule has 0 unspecified atom stereocenters. The van der Waals surface area contributed by atoms with E-state index < -0.39 is 0 Å². The minimum atomic E-state index is -0.293. The maximum atomic E-state index is 11.8. The third-order valence-corrected chi connectivity index (χ3v) is 3.95. The number of rotatable bonds is 3. The highest BCUT2D eigenvalue weighted by molar-refractivity contribution is 5.96. The van der Waals surface area contributed by atoms with E-state index in [0.717, 1.165) is 27.6 Å². The number of H-pyrrole nitrogens is 1. The van der Waals surface area contributed by atoms with Crippen LogP contribution < -0.4 is 16.4 Å². The Hall–Kier alpha value is -3.53. The second-order valence-corrected chi connectivity index (χ2v) is 7.47. The smallest absolute Gasteiger partial charge is 0.320 e. The van der Waals surface area contributed by atoms with Gasteiger partial charge in [-0.15, -0.1) is 0 Å². The Bertz CT molecular complexity index is 1080. The Morgan fingerprint density at radius 2 is 2.04 bits per heavy atom. The summed E-state index contributed by atoms with van der Waals surface area (Å²) in [5.41, 5.74) is 9.35. The topological polar surface area (TPSA) is 109 Å². The molecular weight excluding hydrogens is 352 g/mol. The van der Waals surface area contributed by atoms with Crippen LogP contribution in [-0.4, -0.2) is 27.8 Å². The molecule has 0 saturated heterocycles. The number of hydrogen-bond donors (Lipinski definition) is 4. The van der Waals surface area contributed by atoms with Crippen LogP contribution in [0.3, 0.4) is 0 Å². The zero-order valence-corrected chi connectivity index (χ0v) is 16.5. The first-order chi connectivity index (χ1) is 13.3. The average Bonchev–Trinajstić information content (AvgIpc) is 3.00. The van der Waals surface area contributed by atoms with E-state index >= 15 is 0 Å². The molecule has 3 rings (SSSR count). The van der Waals surface area contributed by atoms with Crippen LogP contribution in [0, 0.1) is 17.3 Å². The van der Waals surface area contributed by atoms with Gasteiger partial charge in [0.1, 0.15) is 5.82 Å².